The Morgan fingerprint density at radius 1 is 1.47 bits per heavy atom. The number of likely N-dealkylation sites (tertiary alicyclic amines) is 1. The highest BCUT2D eigenvalue weighted by atomic mass is 16.5. The molecule has 0 bridgehead atoms. The van der Waals surface area contributed by atoms with Gasteiger partial charge in [-0.15, -0.1) is 0 Å². The number of pyridine rings is 1. The van der Waals surface area contributed by atoms with Gasteiger partial charge in [-0.3, -0.25) is 4.90 Å². The molecule has 4 nitrogen and oxygen atoms in total. The van der Waals surface area contributed by atoms with Gasteiger partial charge in [-0.2, -0.15) is 0 Å². The van der Waals surface area contributed by atoms with E-state index in [-0.39, 0.29) is 0 Å². The molecular formula is C15H22N2O2. The zero-order valence-electron chi connectivity index (χ0n) is 11.5. The molecule has 2 rings (SSSR count). The van der Waals surface area contributed by atoms with Crippen LogP contribution in [0.15, 0.2) is 18.3 Å². The lowest BCUT2D eigenvalue weighted by Gasteiger charge is -2.31. The molecule has 0 N–H and O–H groups in total. The van der Waals surface area contributed by atoms with Gasteiger partial charge < -0.3 is 9.53 Å². The van der Waals surface area contributed by atoms with Gasteiger partial charge in [-0.05, 0) is 44.3 Å². The molecule has 1 saturated heterocycles. The van der Waals surface area contributed by atoms with E-state index in [0.717, 1.165) is 49.7 Å². The highest BCUT2D eigenvalue weighted by Crippen LogP contribution is 2.24. The monoisotopic (exact) mass is 262 g/mol. The maximum absolute atomic E-state index is 10.4. The Morgan fingerprint density at radius 3 is 2.95 bits per heavy atom. The SMILES string of the molecule is COc1ncccc1CN1CCC(CCC=O)CC1. The molecule has 19 heavy (non-hydrogen) atoms. The second-order valence-corrected chi connectivity index (χ2v) is 5.14. The summed E-state index contributed by atoms with van der Waals surface area (Å²) in [6.07, 6.45) is 6.93. The first-order valence-corrected chi connectivity index (χ1v) is 6.97. The number of methoxy groups -OCH3 is 1. The molecule has 0 unspecified atom stereocenters. The zero-order chi connectivity index (χ0) is 13.5. The second kappa shape index (κ2) is 7.24. The van der Waals surface area contributed by atoms with Crippen molar-refractivity contribution >= 4 is 6.29 Å². The number of hydrogen-bond acceptors (Lipinski definition) is 4. The van der Waals surface area contributed by atoms with Crippen LogP contribution in [-0.4, -0.2) is 36.4 Å². The van der Waals surface area contributed by atoms with Crippen LogP contribution >= 0.6 is 0 Å². The molecule has 0 aliphatic carbocycles. The van der Waals surface area contributed by atoms with Crippen LogP contribution < -0.4 is 4.74 Å². The predicted octanol–water partition coefficient (Wildman–Crippen LogP) is 2.28. The van der Waals surface area contributed by atoms with Crippen LogP contribution in [0.5, 0.6) is 5.88 Å². The summed E-state index contributed by atoms with van der Waals surface area (Å²) in [4.78, 5) is 17.1. The minimum absolute atomic E-state index is 0.709. The van der Waals surface area contributed by atoms with Crippen molar-refractivity contribution in [3.63, 3.8) is 0 Å². The first kappa shape index (κ1) is 14.0. The smallest absolute Gasteiger partial charge is 0.217 e. The number of carbonyl (C=O) groups is 1. The maximum atomic E-state index is 10.4. The van der Waals surface area contributed by atoms with Gasteiger partial charge in [0, 0.05) is 24.7 Å². The summed E-state index contributed by atoms with van der Waals surface area (Å²) in [5.74, 6) is 1.45. The van der Waals surface area contributed by atoms with Crippen LogP contribution in [0, 0.1) is 5.92 Å². The quantitative estimate of drug-likeness (QED) is 0.738. The number of aldehydes is 1. The molecule has 2 heterocycles. The van der Waals surface area contributed by atoms with Crippen molar-refractivity contribution in [2.75, 3.05) is 20.2 Å². The summed E-state index contributed by atoms with van der Waals surface area (Å²) in [7, 11) is 1.66. The molecule has 4 heteroatoms. The molecule has 0 atom stereocenters. The Labute approximate surface area is 114 Å². The molecule has 1 aliphatic rings. The van der Waals surface area contributed by atoms with Crippen LogP contribution in [0.4, 0.5) is 0 Å². The van der Waals surface area contributed by atoms with Crippen LogP contribution in [0.25, 0.3) is 0 Å². The van der Waals surface area contributed by atoms with Gasteiger partial charge in [-0.25, -0.2) is 4.98 Å². The topological polar surface area (TPSA) is 42.4 Å². The van der Waals surface area contributed by atoms with Crippen LogP contribution in [0.1, 0.15) is 31.2 Å². The fraction of sp³-hybridized carbons (Fsp3) is 0.600. The van der Waals surface area contributed by atoms with Gasteiger partial charge in [0.05, 0.1) is 7.11 Å². The third-order valence-electron chi connectivity index (χ3n) is 3.84. The highest BCUT2D eigenvalue weighted by Gasteiger charge is 2.19. The Morgan fingerprint density at radius 2 is 2.26 bits per heavy atom. The highest BCUT2D eigenvalue weighted by molar-refractivity contribution is 5.49. The lowest BCUT2D eigenvalue weighted by molar-refractivity contribution is -0.108. The lowest BCUT2D eigenvalue weighted by Crippen LogP contribution is -2.33. The normalized spacial score (nSPS) is 17.3. The van der Waals surface area contributed by atoms with Gasteiger partial charge in [0.25, 0.3) is 0 Å². The molecule has 0 amide bonds. The second-order valence-electron chi connectivity index (χ2n) is 5.14. The first-order chi connectivity index (χ1) is 9.33. The Kier molecular flexibility index (Phi) is 5.33. The molecule has 0 saturated carbocycles. The van der Waals surface area contributed by atoms with Gasteiger partial charge in [-0.1, -0.05) is 6.07 Å². The maximum Gasteiger partial charge on any atom is 0.217 e. The van der Waals surface area contributed by atoms with E-state index in [4.69, 9.17) is 4.74 Å². The zero-order valence-corrected chi connectivity index (χ0v) is 11.5. The van der Waals surface area contributed by atoms with Crippen molar-refractivity contribution < 1.29 is 9.53 Å². The molecule has 104 valence electrons. The fourth-order valence-electron chi connectivity index (χ4n) is 2.71. The van der Waals surface area contributed by atoms with E-state index >= 15 is 0 Å². The summed E-state index contributed by atoms with van der Waals surface area (Å²) in [5, 5.41) is 0. The van der Waals surface area contributed by atoms with E-state index < -0.39 is 0 Å². The number of hydrogen-bond donors (Lipinski definition) is 0. The summed E-state index contributed by atoms with van der Waals surface area (Å²) in [5.41, 5.74) is 1.15. The average Bonchev–Trinajstić information content (AvgIpc) is 2.47. The summed E-state index contributed by atoms with van der Waals surface area (Å²) >= 11 is 0. The minimum atomic E-state index is 0.709. The van der Waals surface area contributed by atoms with E-state index in [1.54, 1.807) is 13.3 Å². The predicted molar refractivity (Wildman–Crippen MR) is 74.1 cm³/mol. The third kappa shape index (κ3) is 4.03. The van der Waals surface area contributed by atoms with Gasteiger partial charge in [0.15, 0.2) is 0 Å². The fourth-order valence-corrected chi connectivity index (χ4v) is 2.71. The molecule has 1 fully saturated rings. The van der Waals surface area contributed by atoms with E-state index in [0.29, 0.717) is 6.42 Å². The largest absolute Gasteiger partial charge is 0.481 e. The van der Waals surface area contributed by atoms with Gasteiger partial charge >= 0.3 is 0 Å². The molecule has 1 aromatic rings. The van der Waals surface area contributed by atoms with E-state index in [9.17, 15) is 4.79 Å². The molecule has 0 spiro atoms. The van der Waals surface area contributed by atoms with Crippen molar-refractivity contribution in [3.05, 3.63) is 23.9 Å². The van der Waals surface area contributed by atoms with Crippen molar-refractivity contribution in [1.82, 2.24) is 9.88 Å². The molecule has 1 aromatic heterocycles. The summed E-state index contributed by atoms with van der Waals surface area (Å²) in [6.45, 7) is 3.10. The summed E-state index contributed by atoms with van der Waals surface area (Å²) in [6, 6.07) is 4.03. The number of piperidine rings is 1. The molecule has 0 radical (unpaired) electrons. The van der Waals surface area contributed by atoms with E-state index in [1.165, 1.54) is 12.8 Å². The molecule has 1 aliphatic heterocycles. The number of carbonyl (C=O) groups excluding carboxylic acids is 1. The van der Waals surface area contributed by atoms with Crippen LogP contribution in [0.2, 0.25) is 0 Å². The van der Waals surface area contributed by atoms with E-state index in [1.807, 2.05) is 6.07 Å². The van der Waals surface area contributed by atoms with Crippen LogP contribution in [-0.2, 0) is 11.3 Å². The summed E-state index contributed by atoms with van der Waals surface area (Å²) < 4.78 is 5.28. The molecule has 0 aromatic carbocycles. The van der Waals surface area contributed by atoms with Crippen LogP contribution in [0.3, 0.4) is 0 Å². The van der Waals surface area contributed by atoms with Gasteiger partial charge in [0.1, 0.15) is 6.29 Å². The van der Waals surface area contributed by atoms with Crippen molar-refractivity contribution in [2.24, 2.45) is 5.92 Å². The standard InChI is InChI=1S/C15H22N2O2/c1-19-15-14(5-2-8-16-15)12-17-9-6-13(7-10-17)4-3-11-18/h2,5,8,11,13H,3-4,6-7,9-10,12H2,1H3. The number of nitrogens with zero attached hydrogens (tertiary/aromatic N) is 2. The Hall–Kier alpha value is -1.42. The number of rotatable bonds is 6. The Bertz CT molecular complexity index is 401. The van der Waals surface area contributed by atoms with E-state index in [2.05, 4.69) is 16.0 Å². The van der Waals surface area contributed by atoms with Crippen molar-refractivity contribution in [3.8, 4) is 5.88 Å². The minimum Gasteiger partial charge on any atom is -0.481 e. The van der Waals surface area contributed by atoms with Gasteiger partial charge in [0.2, 0.25) is 5.88 Å². The van der Waals surface area contributed by atoms with Crippen molar-refractivity contribution in [1.29, 1.82) is 0 Å². The third-order valence-corrected chi connectivity index (χ3v) is 3.84. The molecular weight excluding hydrogens is 240 g/mol. The van der Waals surface area contributed by atoms with Crippen molar-refractivity contribution in [2.45, 2.75) is 32.2 Å². The Balaban J connectivity index is 1.83. The first-order valence-electron chi connectivity index (χ1n) is 6.97. The lowest BCUT2D eigenvalue weighted by atomic mass is 9.92. The average molecular weight is 262 g/mol. The number of aromatic nitrogens is 1. The number of ether oxygens (including phenoxy) is 1.